The lowest BCUT2D eigenvalue weighted by Crippen LogP contribution is -2.19. The minimum atomic E-state index is -0.214. The van der Waals surface area contributed by atoms with Gasteiger partial charge in [0, 0.05) is 22.5 Å². The molecule has 0 aromatic heterocycles. The lowest BCUT2D eigenvalue weighted by atomic mass is 10.1. The van der Waals surface area contributed by atoms with Crippen molar-refractivity contribution in [2.24, 2.45) is 0 Å². The van der Waals surface area contributed by atoms with E-state index >= 15 is 0 Å². The van der Waals surface area contributed by atoms with Gasteiger partial charge in [-0.2, -0.15) is 0 Å². The summed E-state index contributed by atoms with van der Waals surface area (Å²) in [5.41, 5.74) is 1.00. The number of amides is 1. The molecule has 1 aromatic rings. The number of ether oxygens (including phenoxy) is 2. The minimum Gasteiger partial charge on any atom is -0.497 e. The Morgan fingerprint density at radius 2 is 2.12 bits per heavy atom. The Labute approximate surface area is 103 Å². The molecule has 5 heteroatoms. The van der Waals surface area contributed by atoms with E-state index in [9.17, 15) is 4.79 Å². The molecule has 1 rings (SSSR count). The number of hydrogen-bond donors (Lipinski definition) is 1. The van der Waals surface area contributed by atoms with E-state index in [0.29, 0.717) is 13.0 Å². The molecule has 0 aliphatic heterocycles. The van der Waals surface area contributed by atoms with Gasteiger partial charge >= 0.3 is 0 Å². The van der Waals surface area contributed by atoms with Gasteiger partial charge < -0.3 is 14.8 Å². The second-order valence-corrected chi connectivity index (χ2v) is 3.85. The summed E-state index contributed by atoms with van der Waals surface area (Å²) >= 11 is 2.81. The van der Waals surface area contributed by atoms with Crippen molar-refractivity contribution >= 4 is 20.7 Å². The van der Waals surface area contributed by atoms with Crippen LogP contribution in [-0.4, -0.2) is 25.6 Å². The summed E-state index contributed by atoms with van der Waals surface area (Å²) in [6.45, 7) is 0.549. The van der Waals surface area contributed by atoms with Gasteiger partial charge in [-0.15, -0.1) is 0 Å². The van der Waals surface area contributed by atoms with Crippen molar-refractivity contribution in [1.82, 2.24) is 5.32 Å². The maximum atomic E-state index is 10.7. The van der Waals surface area contributed by atoms with Crippen molar-refractivity contribution in [3.63, 3.8) is 0 Å². The minimum absolute atomic E-state index is 0.214. The highest BCUT2D eigenvalue weighted by atomic mass is 79.9. The Bertz CT molecular complexity index is 368. The first-order valence-electron chi connectivity index (χ1n) is 4.81. The van der Waals surface area contributed by atoms with Crippen LogP contribution in [0.15, 0.2) is 18.2 Å². The SMILES string of the molecule is COc1ccc(OC)c(CCNC(=O)Br)c1. The highest BCUT2D eigenvalue weighted by Gasteiger charge is 2.05. The molecule has 16 heavy (non-hydrogen) atoms. The van der Waals surface area contributed by atoms with Crippen molar-refractivity contribution in [3.8, 4) is 11.5 Å². The van der Waals surface area contributed by atoms with Crippen LogP contribution in [0.2, 0.25) is 0 Å². The average Bonchev–Trinajstić information content (AvgIpc) is 2.28. The van der Waals surface area contributed by atoms with E-state index in [1.54, 1.807) is 14.2 Å². The number of methoxy groups -OCH3 is 2. The summed E-state index contributed by atoms with van der Waals surface area (Å²) in [6, 6.07) is 5.59. The van der Waals surface area contributed by atoms with E-state index < -0.39 is 0 Å². The highest BCUT2D eigenvalue weighted by molar-refractivity contribution is 9.18. The first-order valence-corrected chi connectivity index (χ1v) is 5.61. The second-order valence-electron chi connectivity index (χ2n) is 3.13. The van der Waals surface area contributed by atoms with Crippen LogP contribution in [0.4, 0.5) is 4.79 Å². The molecule has 0 saturated carbocycles. The van der Waals surface area contributed by atoms with Gasteiger partial charge in [0.25, 0.3) is 4.82 Å². The zero-order valence-corrected chi connectivity index (χ0v) is 10.8. The maximum absolute atomic E-state index is 10.7. The topological polar surface area (TPSA) is 47.6 Å². The predicted molar refractivity (Wildman–Crippen MR) is 65.6 cm³/mol. The third kappa shape index (κ3) is 3.73. The van der Waals surface area contributed by atoms with Gasteiger partial charge in [0.1, 0.15) is 11.5 Å². The number of hydrogen-bond acceptors (Lipinski definition) is 3. The van der Waals surface area contributed by atoms with Gasteiger partial charge in [0.2, 0.25) is 0 Å². The molecule has 1 aromatic carbocycles. The quantitative estimate of drug-likeness (QED) is 0.668. The summed E-state index contributed by atoms with van der Waals surface area (Å²) in [6.07, 6.45) is 0.692. The molecule has 1 N–H and O–H groups in total. The summed E-state index contributed by atoms with van der Waals surface area (Å²) in [5, 5.41) is 2.66. The summed E-state index contributed by atoms with van der Waals surface area (Å²) < 4.78 is 10.4. The van der Waals surface area contributed by atoms with Crippen molar-refractivity contribution < 1.29 is 14.3 Å². The molecule has 1 amide bonds. The number of halogens is 1. The number of benzene rings is 1. The van der Waals surface area contributed by atoms with Crippen LogP contribution in [0.3, 0.4) is 0 Å². The number of rotatable bonds is 5. The number of nitrogens with one attached hydrogen (secondary N) is 1. The normalized spacial score (nSPS) is 9.69. The second kappa shape index (κ2) is 6.37. The molecule has 0 spiro atoms. The van der Waals surface area contributed by atoms with E-state index in [1.807, 2.05) is 18.2 Å². The van der Waals surface area contributed by atoms with Crippen LogP contribution < -0.4 is 14.8 Å². The Hall–Kier alpha value is -1.23. The molecule has 0 heterocycles. The predicted octanol–water partition coefficient (Wildman–Crippen LogP) is 2.35. The zero-order valence-electron chi connectivity index (χ0n) is 9.25. The first kappa shape index (κ1) is 12.8. The average molecular weight is 288 g/mol. The summed E-state index contributed by atoms with van der Waals surface area (Å²) in [4.78, 5) is 10.4. The van der Waals surface area contributed by atoms with E-state index in [0.717, 1.165) is 17.1 Å². The largest absolute Gasteiger partial charge is 0.497 e. The molecule has 0 fully saturated rings. The van der Waals surface area contributed by atoms with Gasteiger partial charge in [0.05, 0.1) is 14.2 Å². The van der Waals surface area contributed by atoms with E-state index in [1.165, 1.54) is 0 Å². The monoisotopic (exact) mass is 287 g/mol. The molecular weight excluding hydrogens is 274 g/mol. The third-order valence-electron chi connectivity index (χ3n) is 2.15. The fourth-order valence-corrected chi connectivity index (χ4v) is 1.57. The molecule has 0 atom stereocenters. The molecule has 0 bridgehead atoms. The lowest BCUT2D eigenvalue weighted by Gasteiger charge is -2.10. The maximum Gasteiger partial charge on any atom is 0.287 e. The Morgan fingerprint density at radius 1 is 1.38 bits per heavy atom. The Kier molecular flexibility index (Phi) is 5.11. The fraction of sp³-hybridized carbons (Fsp3) is 0.364. The van der Waals surface area contributed by atoms with Gasteiger partial charge in [-0.05, 0) is 30.2 Å². The van der Waals surface area contributed by atoms with Crippen molar-refractivity contribution in [2.75, 3.05) is 20.8 Å². The fourth-order valence-electron chi connectivity index (χ4n) is 1.37. The highest BCUT2D eigenvalue weighted by Crippen LogP contribution is 2.24. The van der Waals surface area contributed by atoms with Gasteiger partial charge in [-0.25, -0.2) is 0 Å². The molecule has 88 valence electrons. The van der Waals surface area contributed by atoms with E-state index in [4.69, 9.17) is 9.47 Å². The van der Waals surface area contributed by atoms with Crippen LogP contribution in [0, 0.1) is 0 Å². The van der Waals surface area contributed by atoms with Crippen LogP contribution in [0.25, 0.3) is 0 Å². The molecule has 0 radical (unpaired) electrons. The Balaban J connectivity index is 2.71. The van der Waals surface area contributed by atoms with Crippen LogP contribution in [0.5, 0.6) is 11.5 Å². The standard InChI is InChI=1S/C11H14BrNO3/c1-15-9-3-4-10(16-2)8(7-9)5-6-13-11(12)14/h3-4,7H,5-6H2,1-2H3,(H,13,14). The molecule has 0 unspecified atom stereocenters. The van der Waals surface area contributed by atoms with E-state index in [-0.39, 0.29) is 4.82 Å². The van der Waals surface area contributed by atoms with Crippen LogP contribution in [-0.2, 0) is 6.42 Å². The van der Waals surface area contributed by atoms with E-state index in [2.05, 4.69) is 21.2 Å². The van der Waals surface area contributed by atoms with Gasteiger partial charge in [-0.3, -0.25) is 4.79 Å². The van der Waals surface area contributed by atoms with Crippen LogP contribution >= 0.6 is 15.9 Å². The van der Waals surface area contributed by atoms with Gasteiger partial charge in [-0.1, -0.05) is 0 Å². The number of carbonyl (C=O) groups is 1. The van der Waals surface area contributed by atoms with Crippen LogP contribution in [0.1, 0.15) is 5.56 Å². The third-order valence-corrected chi connectivity index (χ3v) is 2.43. The molecule has 0 aliphatic rings. The molecule has 4 nitrogen and oxygen atoms in total. The zero-order chi connectivity index (χ0) is 12.0. The Morgan fingerprint density at radius 3 is 2.69 bits per heavy atom. The van der Waals surface area contributed by atoms with Crippen molar-refractivity contribution in [1.29, 1.82) is 0 Å². The first-order chi connectivity index (χ1) is 7.67. The van der Waals surface area contributed by atoms with Gasteiger partial charge in [0.15, 0.2) is 0 Å². The number of carbonyl (C=O) groups excluding carboxylic acids is 1. The molecule has 0 saturated heterocycles. The van der Waals surface area contributed by atoms with Crippen molar-refractivity contribution in [3.05, 3.63) is 23.8 Å². The van der Waals surface area contributed by atoms with Crippen molar-refractivity contribution in [2.45, 2.75) is 6.42 Å². The molecular formula is C11H14BrNO3. The smallest absolute Gasteiger partial charge is 0.287 e. The summed E-state index contributed by atoms with van der Waals surface area (Å²) in [7, 11) is 3.24. The lowest BCUT2D eigenvalue weighted by molar-refractivity contribution is 0.262. The molecule has 0 aliphatic carbocycles. The summed E-state index contributed by atoms with van der Waals surface area (Å²) in [5.74, 6) is 1.57.